The molecule has 6 nitrogen and oxygen atoms in total. The Morgan fingerprint density at radius 1 is 0.299 bits per heavy atom. The Kier molecular flexibility index (Phi) is 53.8. The SMILES string of the molecule is CCCCCC/C=C\CCCCCCCC(=O)OC[C@@H](COC(=O)CCC/C=C\C/C=C\C/C=C\CCCCCCCC)OC(=O)CCCCCCCCCCCCCCCCCCCCC. The average molecular weight is 940 g/mol. The summed E-state index contributed by atoms with van der Waals surface area (Å²) in [5.74, 6) is -0.938. The lowest BCUT2D eigenvalue weighted by Gasteiger charge is -2.18. The molecule has 0 heterocycles. The molecule has 6 heteroatoms. The fourth-order valence-electron chi connectivity index (χ4n) is 8.40. The highest BCUT2D eigenvalue weighted by Crippen LogP contribution is 2.16. The fourth-order valence-corrected chi connectivity index (χ4v) is 8.40. The zero-order valence-electron chi connectivity index (χ0n) is 44.7. The molecule has 0 N–H and O–H groups in total. The van der Waals surface area contributed by atoms with Gasteiger partial charge in [-0.05, 0) is 77.0 Å². The second-order valence-corrected chi connectivity index (χ2v) is 19.6. The lowest BCUT2D eigenvalue weighted by atomic mass is 10.0. The summed E-state index contributed by atoms with van der Waals surface area (Å²) in [6.07, 6.45) is 68.2. The highest BCUT2D eigenvalue weighted by Gasteiger charge is 2.19. The van der Waals surface area contributed by atoms with Gasteiger partial charge in [-0.25, -0.2) is 0 Å². The van der Waals surface area contributed by atoms with E-state index in [1.165, 1.54) is 193 Å². The lowest BCUT2D eigenvalue weighted by Crippen LogP contribution is -2.30. The second-order valence-electron chi connectivity index (χ2n) is 19.6. The van der Waals surface area contributed by atoms with Crippen LogP contribution in [0, 0.1) is 0 Å². The van der Waals surface area contributed by atoms with Crippen molar-refractivity contribution < 1.29 is 28.6 Å². The molecule has 0 rings (SSSR count). The van der Waals surface area contributed by atoms with Crippen molar-refractivity contribution in [2.45, 2.75) is 309 Å². The number of allylic oxidation sites excluding steroid dienone is 8. The van der Waals surface area contributed by atoms with Crippen LogP contribution in [0.4, 0.5) is 0 Å². The van der Waals surface area contributed by atoms with E-state index in [2.05, 4.69) is 69.4 Å². The zero-order chi connectivity index (χ0) is 48.6. The van der Waals surface area contributed by atoms with Crippen molar-refractivity contribution in [1.82, 2.24) is 0 Å². The summed E-state index contributed by atoms with van der Waals surface area (Å²) in [6.45, 7) is 6.60. The second kappa shape index (κ2) is 56.0. The predicted molar refractivity (Wildman–Crippen MR) is 289 cm³/mol. The van der Waals surface area contributed by atoms with E-state index >= 15 is 0 Å². The average Bonchev–Trinajstić information content (AvgIpc) is 3.33. The Hall–Kier alpha value is -2.63. The van der Waals surface area contributed by atoms with Gasteiger partial charge in [0.15, 0.2) is 6.10 Å². The van der Waals surface area contributed by atoms with Gasteiger partial charge < -0.3 is 14.2 Å². The molecule has 0 aliphatic carbocycles. The van der Waals surface area contributed by atoms with Gasteiger partial charge in [-0.15, -0.1) is 0 Å². The van der Waals surface area contributed by atoms with Gasteiger partial charge in [0.25, 0.3) is 0 Å². The normalized spacial score (nSPS) is 12.3. The number of carbonyl (C=O) groups is 3. The lowest BCUT2D eigenvalue weighted by molar-refractivity contribution is -0.167. The molecule has 0 fully saturated rings. The quantitative estimate of drug-likeness (QED) is 0.0262. The third-order valence-electron chi connectivity index (χ3n) is 12.8. The molecule has 0 aromatic carbocycles. The van der Waals surface area contributed by atoms with Crippen LogP contribution < -0.4 is 0 Å². The van der Waals surface area contributed by atoms with Gasteiger partial charge in [0.2, 0.25) is 0 Å². The van der Waals surface area contributed by atoms with E-state index in [0.717, 1.165) is 64.2 Å². The van der Waals surface area contributed by atoms with Crippen molar-refractivity contribution in [3.05, 3.63) is 48.6 Å². The van der Waals surface area contributed by atoms with E-state index in [1.807, 2.05) is 0 Å². The number of unbranched alkanes of at least 4 members (excludes halogenated alkanes) is 34. The first-order valence-electron chi connectivity index (χ1n) is 29.1. The van der Waals surface area contributed by atoms with Gasteiger partial charge in [0.1, 0.15) is 13.2 Å². The third kappa shape index (κ3) is 54.2. The van der Waals surface area contributed by atoms with E-state index in [-0.39, 0.29) is 31.1 Å². The molecule has 0 amide bonds. The molecule has 0 aliphatic heterocycles. The van der Waals surface area contributed by atoms with Crippen LogP contribution in [-0.4, -0.2) is 37.2 Å². The van der Waals surface area contributed by atoms with E-state index in [4.69, 9.17) is 14.2 Å². The van der Waals surface area contributed by atoms with Crippen molar-refractivity contribution in [3.8, 4) is 0 Å². The van der Waals surface area contributed by atoms with Gasteiger partial charge in [-0.3, -0.25) is 14.4 Å². The van der Waals surface area contributed by atoms with E-state index < -0.39 is 6.10 Å². The summed E-state index contributed by atoms with van der Waals surface area (Å²) >= 11 is 0. The first kappa shape index (κ1) is 64.4. The van der Waals surface area contributed by atoms with E-state index in [9.17, 15) is 14.4 Å². The standard InChI is InChI=1S/C61H110O6/c1-4-7-10-13-16-19-22-25-27-29-30-32-34-37-40-43-46-49-52-55-61(64)67-58(56-65-59(62)53-50-47-44-41-38-35-24-21-18-15-12-9-6-3)57-66-60(63)54-51-48-45-42-39-36-33-31-28-26-23-20-17-14-11-8-5-2/h21,24,26,28,33,36,42,45,58H,4-20,22-23,25,27,29-32,34-35,37-41,43-44,46-57H2,1-3H3/b24-21-,28-26-,36-33-,45-42-/t58-/m0/s1. The van der Waals surface area contributed by atoms with Crippen LogP contribution in [0.2, 0.25) is 0 Å². The Bertz CT molecular complexity index is 1170. The van der Waals surface area contributed by atoms with Crippen LogP contribution in [0.15, 0.2) is 48.6 Å². The van der Waals surface area contributed by atoms with Crippen LogP contribution in [0.3, 0.4) is 0 Å². The monoisotopic (exact) mass is 939 g/mol. The maximum atomic E-state index is 12.9. The van der Waals surface area contributed by atoms with E-state index in [1.54, 1.807) is 0 Å². The summed E-state index contributed by atoms with van der Waals surface area (Å²) in [7, 11) is 0. The maximum Gasteiger partial charge on any atom is 0.306 e. The molecule has 0 saturated carbocycles. The van der Waals surface area contributed by atoms with Crippen molar-refractivity contribution >= 4 is 17.9 Å². The number of carbonyl (C=O) groups excluding carboxylic acids is 3. The van der Waals surface area contributed by atoms with Crippen molar-refractivity contribution in [3.63, 3.8) is 0 Å². The number of ether oxygens (including phenoxy) is 3. The molecule has 0 aromatic heterocycles. The summed E-state index contributed by atoms with van der Waals surface area (Å²) in [5, 5.41) is 0. The maximum absolute atomic E-state index is 12.9. The number of rotatable bonds is 53. The molecular formula is C61H110O6. The smallest absolute Gasteiger partial charge is 0.306 e. The Morgan fingerprint density at radius 3 is 0.925 bits per heavy atom. The first-order chi connectivity index (χ1) is 33.0. The molecule has 0 aromatic rings. The number of hydrogen-bond donors (Lipinski definition) is 0. The van der Waals surface area contributed by atoms with Crippen LogP contribution in [-0.2, 0) is 28.6 Å². The van der Waals surface area contributed by atoms with Crippen LogP contribution in [0.5, 0.6) is 0 Å². The highest BCUT2D eigenvalue weighted by atomic mass is 16.6. The minimum Gasteiger partial charge on any atom is -0.462 e. The van der Waals surface area contributed by atoms with Gasteiger partial charge in [-0.1, -0.05) is 256 Å². The molecule has 0 radical (unpaired) electrons. The highest BCUT2D eigenvalue weighted by molar-refractivity contribution is 5.71. The van der Waals surface area contributed by atoms with Crippen LogP contribution in [0.1, 0.15) is 303 Å². The largest absolute Gasteiger partial charge is 0.462 e. The third-order valence-corrected chi connectivity index (χ3v) is 12.8. The summed E-state index contributed by atoms with van der Waals surface area (Å²) < 4.78 is 16.8. The molecule has 67 heavy (non-hydrogen) atoms. The fraction of sp³-hybridized carbons (Fsp3) is 0.820. The molecule has 0 unspecified atom stereocenters. The topological polar surface area (TPSA) is 78.9 Å². The van der Waals surface area contributed by atoms with Crippen LogP contribution in [0.25, 0.3) is 0 Å². The molecule has 0 spiro atoms. The predicted octanol–water partition coefficient (Wildman–Crippen LogP) is 19.4. The first-order valence-corrected chi connectivity index (χ1v) is 29.1. The summed E-state index contributed by atoms with van der Waals surface area (Å²) in [5.41, 5.74) is 0. The Labute approximate surface area is 416 Å². The Balaban J connectivity index is 4.40. The zero-order valence-corrected chi connectivity index (χ0v) is 44.7. The molecule has 0 bridgehead atoms. The van der Waals surface area contributed by atoms with Crippen molar-refractivity contribution in [2.75, 3.05) is 13.2 Å². The van der Waals surface area contributed by atoms with Crippen LogP contribution >= 0.6 is 0 Å². The van der Waals surface area contributed by atoms with Gasteiger partial charge >= 0.3 is 17.9 Å². The molecule has 1 atom stereocenters. The molecule has 0 aliphatic rings. The van der Waals surface area contributed by atoms with Gasteiger partial charge in [0.05, 0.1) is 0 Å². The Morgan fingerprint density at radius 2 is 0.552 bits per heavy atom. The summed E-state index contributed by atoms with van der Waals surface area (Å²) in [4.78, 5) is 38.1. The van der Waals surface area contributed by atoms with Gasteiger partial charge in [0, 0.05) is 19.3 Å². The number of esters is 3. The van der Waals surface area contributed by atoms with Crippen molar-refractivity contribution in [1.29, 1.82) is 0 Å². The molecule has 390 valence electrons. The van der Waals surface area contributed by atoms with Crippen molar-refractivity contribution in [2.24, 2.45) is 0 Å². The minimum atomic E-state index is -0.794. The molecule has 0 saturated heterocycles. The molecular weight excluding hydrogens is 829 g/mol. The van der Waals surface area contributed by atoms with E-state index in [0.29, 0.717) is 25.7 Å². The minimum absolute atomic E-state index is 0.0903. The summed E-state index contributed by atoms with van der Waals surface area (Å²) in [6, 6.07) is 0. The van der Waals surface area contributed by atoms with Gasteiger partial charge in [-0.2, -0.15) is 0 Å². The number of hydrogen-bond acceptors (Lipinski definition) is 6.